The molecule has 1 aromatic heterocycles. The van der Waals surface area contributed by atoms with Crippen LogP contribution in [0.2, 0.25) is 0 Å². The van der Waals surface area contributed by atoms with Crippen LogP contribution in [0.4, 0.5) is 0 Å². The largest absolute Gasteiger partial charge is 0.396 e. The molecular formula is C15H17NO. The average Bonchev–Trinajstić information content (AvgIpc) is 2.34. The minimum absolute atomic E-state index is 0.171. The van der Waals surface area contributed by atoms with E-state index in [1.807, 2.05) is 18.3 Å². The predicted molar refractivity (Wildman–Crippen MR) is 69.9 cm³/mol. The Morgan fingerprint density at radius 3 is 2.59 bits per heavy atom. The van der Waals surface area contributed by atoms with Gasteiger partial charge in [0.25, 0.3) is 0 Å². The Balaban J connectivity index is 2.36. The van der Waals surface area contributed by atoms with E-state index in [2.05, 4.69) is 37.0 Å². The van der Waals surface area contributed by atoms with Crippen molar-refractivity contribution in [2.45, 2.75) is 20.3 Å². The number of nitrogens with zero attached hydrogens (tertiary/aromatic N) is 1. The Morgan fingerprint density at radius 2 is 1.94 bits per heavy atom. The zero-order valence-electron chi connectivity index (χ0n) is 10.3. The maximum atomic E-state index is 8.86. The van der Waals surface area contributed by atoms with Crippen LogP contribution in [0.25, 0.3) is 11.3 Å². The molecule has 2 heteroatoms. The van der Waals surface area contributed by atoms with E-state index < -0.39 is 0 Å². The minimum Gasteiger partial charge on any atom is -0.396 e. The van der Waals surface area contributed by atoms with Gasteiger partial charge < -0.3 is 5.11 Å². The molecule has 88 valence electrons. The van der Waals surface area contributed by atoms with Crippen LogP contribution in [-0.2, 0) is 6.42 Å². The highest BCUT2D eigenvalue weighted by Gasteiger charge is 2.03. The summed E-state index contributed by atoms with van der Waals surface area (Å²) < 4.78 is 0. The first-order valence-electron chi connectivity index (χ1n) is 5.84. The SMILES string of the molecule is Cc1ccc(C)c(-c2ccc(CCO)cn2)c1. The number of hydrogen-bond acceptors (Lipinski definition) is 2. The summed E-state index contributed by atoms with van der Waals surface area (Å²) in [4.78, 5) is 4.46. The highest BCUT2D eigenvalue weighted by molar-refractivity contribution is 5.64. The van der Waals surface area contributed by atoms with Crippen molar-refractivity contribution in [3.05, 3.63) is 53.2 Å². The minimum atomic E-state index is 0.171. The fourth-order valence-corrected chi connectivity index (χ4v) is 1.87. The quantitative estimate of drug-likeness (QED) is 0.874. The van der Waals surface area contributed by atoms with Gasteiger partial charge in [0.05, 0.1) is 5.69 Å². The van der Waals surface area contributed by atoms with Gasteiger partial charge in [-0.3, -0.25) is 4.98 Å². The van der Waals surface area contributed by atoms with Gasteiger partial charge in [-0.1, -0.05) is 23.8 Å². The molecule has 0 aliphatic rings. The molecular weight excluding hydrogens is 210 g/mol. The van der Waals surface area contributed by atoms with Crippen molar-refractivity contribution in [2.75, 3.05) is 6.61 Å². The second kappa shape index (κ2) is 5.11. The Hall–Kier alpha value is -1.67. The van der Waals surface area contributed by atoms with E-state index in [1.165, 1.54) is 16.7 Å². The third-order valence-electron chi connectivity index (χ3n) is 2.89. The predicted octanol–water partition coefficient (Wildman–Crippen LogP) is 2.90. The first kappa shape index (κ1) is 11.8. The summed E-state index contributed by atoms with van der Waals surface area (Å²) in [5, 5.41) is 8.86. The molecule has 0 unspecified atom stereocenters. The van der Waals surface area contributed by atoms with Gasteiger partial charge >= 0.3 is 0 Å². The van der Waals surface area contributed by atoms with Crippen molar-refractivity contribution < 1.29 is 5.11 Å². The molecule has 0 radical (unpaired) electrons. The normalized spacial score (nSPS) is 10.5. The van der Waals surface area contributed by atoms with Crippen molar-refractivity contribution in [1.82, 2.24) is 4.98 Å². The third-order valence-corrected chi connectivity index (χ3v) is 2.89. The van der Waals surface area contributed by atoms with Crippen LogP contribution in [0.1, 0.15) is 16.7 Å². The van der Waals surface area contributed by atoms with Gasteiger partial charge in [-0.25, -0.2) is 0 Å². The summed E-state index contributed by atoms with van der Waals surface area (Å²) in [6, 6.07) is 10.4. The number of pyridine rings is 1. The van der Waals surface area contributed by atoms with E-state index in [1.54, 1.807) is 0 Å². The van der Waals surface area contributed by atoms with Crippen molar-refractivity contribution in [2.24, 2.45) is 0 Å². The van der Waals surface area contributed by atoms with E-state index in [4.69, 9.17) is 5.11 Å². The number of hydrogen-bond donors (Lipinski definition) is 1. The molecule has 1 aromatic carbocycles. The molecule has 0 spiro atoms. The number of aromatic nitrogens is 1. The highest BCUT2D eigenvalue weighted by atomic mass is 16.2. The van der Waals surface area contributed by atoms with Gasteiger partial charge in [0.2, 0.25) is 0 Å². The molecule has 0 aliphatic carbocycles. The number of rotatable bonds is 3. The molecule has 2 rings (SSSR count). The number of aliphatic hydroxyl groups excluding tert-OH is 1. The number of aliphatic hydroxyl groups is 1. The second-order valence-electron chi connectivity index (χ2n) is 4.34. The lowest BCUT2D eigenvalue weighted by Gasteiger charge is -2.07. The molecule has 0 saturated heterocycles. The molecule has 0 amide bonds. The summed E-state index contributed by atoms with van der Waals surface area (Å²) in [7, 11) is 0. The van der Waals surface area contributed by atoms with E-state index in [0.29, 0.717) is 6.42 Å². The Kier molecular flexibility index (Phi) is 3.55. The average molecular weight is 227 g/mol. The van der Waals surface area contributed by atoms with Gasteiger partial charge in [-0.2, -0.15) is 0 Å². The van der Waals surface area contributed by atoms with E-state index >= 15 is 0 Å². The fourth-order valence-electron chi connectivity index (χ4n) is 1.87. The first-order valence-corrected chi connectivity index (χ1v) is 5.84. The monoisotopic (exact) mass is 227 g/mol. The summed E-state index contributed by atoms with van der Waals surface area (Å²) in [5.74, 6) is 0. The molecule has 17 heavy (non-hydrogen) atoms. The zero-order valence-corrected chi connectivity index (χ0v) is 10.3. The first-order chi connectivity index (χ1) is 8.20. The molecule has 1 heterocycles. The summed E-state index contributed by atoms with van der Waals surface area (Å²) in [5.41, 5.74) is 5.72. The van der Waals surface area contributed by atoms with Crippen LogP contribution in [0, 0.1) is 13.8 Å². The fraction of sp³-hybridized carbons (Fsp3) is 0.267. The highest BCUT2D eigenvalue weighted by Crippen LogP contribution is 2.22. The molecule has 1 N–H and O–H groups in total. The van der Waals surface area contributed by atoms with E-state index in [9.17, 15) is 0 Å². The third kappa shape index (κ3) is 2.71. The van der Waals surface area contributed by atoms with Crippen molar-refractivity contribution in [1.29, 1.82) is 0 Å². The lowest BCUT2D eigenvalue weighted by Crippen LogP contribution is -1.93. The Morgan fingerprint density at radius 1 is 1.12 bits per heavy atom. The summed E-state index contributed by atoms with van der Waals surface area (Å²) in [6.07, 6.45) is 2.51. The van der Waals surface area contributed by atoms with Crippen LogP contribution in [0.3, 0.4) is 0 Å². The molecule has 0 aliphatic heterocycles. The smallest absolute Gasteiger partial charge is 0.0704 e. The standard InChI is InChI=1S/C15H17NO/c1-11-3-4-12(2)14(9-11)15-6-5-13(7-8-17)10-16-15/h3-6,9-10,17H,7-8H2,1-2H3. The van der Waals surface area contributed by atoms with Gasteiger partial charge in [-0.15, -0.1) is 0 Å². The summed E-state index contributed by atoms with van der Waals surface area (Å²) in [6.45, 7) is 4.35. The lowest BCUT2D eigenvalue weighted by atomic mass is 10.0. The van der Waals surface area contributed by atoms with Crippen LogP contribution >= 0.6 is 0 Å². The summed E-state index contributed by atoms with van der Waals surface area (Å²) >= 11 is 0. The van der Waals surface area contributed by atoms with Gasteiger partial charge in [0.1, 0.15) is 0 Å². The van der Waals surface area contributed by atoms with Crippen LogP contribution in [0.5, 0.6) is 0 Å². The topological polar surface area (TPSA) is 33.1 Å². The Labute approximate surface area is 102 Å². The van der Waals surface area contributed by atoms with Crippen molar-refractivity contribution in [3.63, 3.8) is 0 Å². The molecule has 0 bridgehead atoms. The van der Waals surface area contributed by atoms with Crippen molar-refractivity contribution >= 4 is 0 Å². The molecule has 0 atom stereocenters. The number of benzene rings is 1. The molecule has 2 aromatic rings. The van der Waals surface area contributed by atoms with Crippen molar-refractivity contribution in [3.8, 4) is 11.3 Å². The van der Waals surface area contributed by atoms with Gasteiger partial charge in [0, 0.05) is 18.4 Å². The van der Waals surface area contributed by atoms with E-state index in [-0.39, 0.29) is 6.61 Å². The molecule has 0 fully saturated rings. The van der Waals surface area contributed by atoms with Crippen LogP contribution < -0.4 is 0 Å². The maximum Gasteiger partial charge on any atom is 0.0704 e. The van der Waals surface area contributed by atoms with Gasteiger partial charge in [-0.05, 0) is 43.5 Å². The van der Waals surface area contributed by atoms with Crippen LogP contribution in [0.15, 0.2) is 36.5 Å². The molecule has 0 saturated carbocycles. The maximum absolute atomic E-state index is 8.86. The van der Waals surface area contributed by atoms with E-state index in [0.717, 1.165) is 11.3 Å². The number of aryl methyl sites for hydroxylation is 2. The van der Waals surface area contributed by atoms with Gasteiger partial charge in [0.15, 0.2) is 0 Å². The zero-order chi connectivity index (χ0) is 12.3. The van der Waals surface area contributed by atoms with Crippen LogP contribution in [-0.4, -0.2) is 16.7 Å². The molecule has 2 nitrogen and oxygen atoms in total. The second-order valence-corrected chi connectivity index (χ2v) is 4.34. The lowest BCUT2D eigenvalue weighted by molar-refractivity contribution is 0.299. The Bertz CT molecular complexity index is 503.